The average molecular weight is 589 g/mol. The molecule has 0 saturated carbocycles. The number of rotatable bonds is 29. The molecule has 236 valence electrons. The Kier molecular flexibility index (Phi) is 26.1. The van der Waals surface area contributed by atoms with Crippen molar-refractivity contribution in [3.8, 4) is 0 Å². The predicted molar refractivity (Wildman–Crippen MR) is 165 cm³/mol. The van der Waals surface area contributed by atoms with Crippen molar-refractivity contribution in [1.82, 2.24) is 0 Å². The van der Waals surface area contributed by atoms with E-state index in [4.69, 9.17) is 19.2 Å². The monoisotopic (exact) mass is 588 g/mol. The number of thioether (sulfide) groups is 1. The van der Waals surface area contributed by atoms with Gasteiger partial charge in [0.2, 0.25) is 0 Å². The summed E-state index contributed by atoms with van der Waals surface area (Å²) in [6.45, 7) is 11.6. The van der Waals surface area contributed by atoms with Crippen molar-refractivity contribution >= 4 is 23.7 Å². The maximum absolute atomic E-state index is 12.5. The van der Waals surface area contributed by atoms with Crippen LogP contribution in [0.25, 0.3) is 0 Å². The quantitative estimate of drug-likeness (QED) is 0.0309. The Morgan fingerprint density at radius 3 is 1.75 bits per heavy atom. The molecule has 0 saturated heterocycles. The highest BCUT2D eigenvalue weighted by Crippen LogP contribution is 2.24. The van der Waals surface area contributed by atoms with Gasteiger partial charge < -0.3 is 14.6 Å². The van der Waals surface area contributed by atoms with Gasteiger partial charge in [-0.2, -0.15) is 11.8 Å². The Balaban J connectivity index is 3.53. The van der Waals surface area contributed by atoms with E-state index in [1.807, 2.05) is 13.8 Å². The van der Waals surface area contributed by atoms with Crippen LogP contribution in [0.5, 0.6) is 0 Å². The topological polar surface area (TPSA) is 91.3 Å². The molecule has 0 aromatic rings. The van der Waals surface area contributed by atoms with Gasteiger partial charge in [-0.3, -0.25) is 4.79 Å². The molecule has 0 aliphatic rings. The molecule has 1 unspecified atom stereocenters. The summed E-state index contributed by atoms with van der Waals surface area (Å²) >= 11 is 1.58. The highest BCUT2D eigenvalue weighted by Gasteiger charge is 2.29. The van der Waals surface area contributed by atoms with Gasteiger partial charge >= 0.3 is 11.9 Å². The number of carbonyl (C=O) groups is 2. The van der Waals surface area contributed by atoms with Gasteiger partial charge in [0.15, 0.2) is 0 Å². The van der Waals surface area contributed by atoms with E-state index in [9.17, 15) is 14.7 Å². The first kappa shape index (κ1) is 38.9. The Morgan fingerprint density at radius 2 is 1.25 bits per heavy atom. The van der Waals surface area contributed by atoms with Crippen molar-refractivity contribution in [2.24, 2.45) is 5.41 Å². The van der Waals surface area contributed by atoms with Gasteiger partial charge in [0.25, 0.3) is 0 Å². The third kappa shape index (κ3) is 24.7. The van der Waals surface area contributed by atoms with Crippen LogP contribution in [0, 0.1) is 5.41 Å². The number of aliphatic hydroxyl groups is 1. The average Bonchev–Trinajstić information content (AvgIpc) is 2.92. The number of hydrogen-bond acceptors (Lipinski definition) is 8. The molecule has 0 aliphatic carbocycles. The third-order valence-corrected chi connectivity index (χ3v) is 8.04. The van der Waals surface area contributed by atoms with Crippen LogP contribution in [-0.2, 0) is 28.8 Å². The minimum absolute atomic E-state index is 0.106. The number of aliphatic hydroxyl groups excluding tert-OH is 1. The molecule has 40 heavy (non-hydrogen) atoms. The van der Waals surface area contributed by atoms with Crippen molar-refractivity contribution in [2.75, 3.05) is 37.9 Å². The summed E-state index contributed by atoms with van der Waals surface area (Å²) < 4.78 is 10.4. The number of unbranched alkanes of at least 4 members (excludes halogenated alkanes) is 15. The van der Waals surface area contributed by atoms with Crippen LogP contribution >= 0.6 is 11.8 Å². The molecule has 7 nitrogen and oxygen atoms in total. The fourth-order valence-electron chi connectivity index (χ4n) is 4.02. The third-order valence-electron chi connectivity index (χ3n) is 6.66. The predicted octanol–water partition coefficient (Wildman–Crippen LogP) is 7.98. The van der Waals surface area contributed by atoms with Crippen LogP contribution in [0.1, 0.15) is 130 Å². The zero-order chi connectivity index (χ0) is 29.9. The summed E-state index contributed by atoms with van der Waals surface area (Å²) in [6, 6.07) is 0. The number of hydrogen-bond donors (Lipinski definition) is 1. The molecule has 0 spiro atoms. The number of ether oxygens (including phenoxy) is 2. The molecular formula is C32H60O7S. The van der Waals surface area contributed by atoms with Crippen LogP contribution < -0.4 is 0 Å². The van der Waals surface area contributed by atoms with Gasteiger partial charge in [0.05, 0.1) is 18.6 Å². The number of carbonyl (C=O) groups excluding carboxylic acids is 2. The van der Waals surface area contributed by atoms with E-state index in [1.54, 1.807) is 11.8 Å². The van der Waals surface area contributed by atoms with Crippen LogP contribution in [0.3, 0.4) is 0 Å². The zero-order valence-electron chi connectivity index (χ0n) is 26.1. The van der Waals surface area contributed by atoms with Gasteiger partial charge in [0, 0.05) is 17.1 Å². The largest absolute Gasteiger partial charge is 0.465 e. The number of esters is 2. The highest BCUT2D eigenvalue weighted by molar-refractivity contribution is 7.99. The zero-order valence-corrected chi connectivity index (χ0v) is 27.0. The van der Waals surface area contributed by atoms with Crippen molar-refractivity contribution in [3.05, 3.63) is 12.2 Å². The molecule has 0 radical (unpaired) electrons. The Labute approximate surface area is 249 Å². The van der Waals surface area contributed by atoms with Gasteiger partial charge in [-0.25, -0.2) is 14.6 Å². The first-order valence-corrected chi connectivity index (χ1v) is 16.9. The molecule has 0 aromatic heterocycles. The van der Waals surface area contributed by atoms with Gasteiger partial charge in [-0.15, -0.1) is 0 Å². The summed E-state index contributed by atoms with van der Waals surface area (Å²) in [4.78, 5) is 33.7. The lowest BCUT2D eigenvalue weighted by Gasteiger charge is -2.22. The SMILES string of the molecule is C=C(C)C(=O)OCC(O)COOCCSCC(C)(C)C(=O)OCCCCCCCCCCCCCCCCCC. The van der Waals surface area contributed by atoms with Crippen molar-refractivity contribution in [1.29, 1.82) is 0 Å². The molecule has 0 amide bonds. The second-order valence-corrected chi connectivity index (χ2v) is 12.6. The summed E-state index contributed by atoms with van der Waals surface area (Å²) in [7, 11) is 0. The van der Waals surface area contributed by atoms with E-state index >= 15 is 0 Å². The van der Waals surface area contributed by atoms with Crippen molar-refractivity contribution < 1.29 is 33.9 Å². The summed E-state index contributed by atoms with van der Waals surface area (Å²) in [6.07, 6.45) is 20.2. The molecule has 1 atom stereocenters. The molecule has 0 fully saturated rings. The van der Waals surface area contributed by atoms with Gasteiger partial charge in [-0.1, -0.05) is 110 Å². The molecular weight excluding hydrogens is 528 g/mol. The highest BCUT2D eigenvalue weighted by atomic mass is 32.2. The Hall–Kier alpha value is -1.09. The summed E-state index contributed by atoms with van der Waals surface area (Å²) in [5, 5.41) is 9.70. The van der Waals surface area contributed by atoms with Crippen molar-refractivity contribution in [2.45, 2.75) is 137 Å². The smallest absolute Gasteiger partial charge is 0.333 e. The minimum atomic E-state index is -0.973. The molecule has 0 heterocycles. The first-order valence-electron chi connectivity index (χ1n) is 15.7. The van der Waals surface area contributed by atoms with Crippen LogP contribution in [-0.4, -0.2) is 61.1 Å². The minimum Gasteiger partial charge on any atom is -0.465 e. The van der Waals surface area contributed by atoms with Crippen LogP contribution in [0.2, 0.25) is 0 Å². The van der Waals surface area contributed by atoms with Gasteiger partial charge in [-0.05, 0) is 27.2 Å². The maximum atomic E-state index is 12.5. The molecule has 8 heteroatoms. The van der Waals surface area contributed by atoms with E-state index in [0.29, 0.717) is 24.7 Å². The van der Waals surface area contributed by atoms with E-state index in [-0.39, 0.29) is 24.8 Å². The normalized spacial score (nSPS) is 12.3. The molecule has 1 N–H and O–H groups in total. The standard InChI is InChI=1S/C32H60O7S/c1-6-7-8-9-10-11-12-13-14-15-16-17-18-19-20-21-22-36-31(35)32(4,5)27-40-24-23-38-39-26-29(33)25-37-30(34)28(2)3/h29,33H,2,6-27H2,1,3-5H3. The van der Waals surface area contributed by atoms with Gasteiger partial charge in [0.1, 0.15) is 19.3 Å². The molecule has 0 aliphatic heterocycles. The summed E-state index contributed by atoms with van der Waals surface area (Å²) in [5.41, 5.74) is -0.294. The first-order chi connectivity index (χ1) is 19.2. The summed E-state index contributed by atoms with van der Waals surface area (Å²) in [5.74, 6) is 0.539. The lowest BCUT2D eigenvalue weighted by atomic mass is 9.97. The molecule has 0 bridgehead atoms. The lowest BCUT2D eigenvalue weighted by molar-refractivity contribution is -0.302. The van der Waals surface area contributed by atoms with E-state index < -0.39 is 17.5 Å². The van der Waals surface area contributed by atoms with E-state index in [1.165, 1.54) is 96.8 Å². The van der Waals surface area contributed by atoms with Crippen molar-refractivity contribution in [3.63, 3.8) is 0 Å². The molecule has 0 aromatic carbocycles. The Morgan fingerprint density at radius 1 is 0.750 bits per heavy atom. The van der Waals surface area contributed by atoms with E-state index in [2.05, 4.69) is 13.5 Å². The second-order valence-electron chi connectivity index (χ2n) is 11.5. The lowest BCUT2D eigenvalue weighted by Crippen LogP contribution is -2.29. The second kappa shape index (κ2) is 26.8. The fourth-order valence-corrected chi connectivity index (χ4v) is 4.98. The van der Waals surface area contributed by atoms with E-state index in [0.717, 1.165) is 12.8 Å². The molecule has 0 rings (SSSR count). The maximum Gasteiger partial charge on any atom is 0.333 e. The van der Waals surface area contributed by atoms with Crippen LogP contribution in [0.4, 0.5) is 0 Å². The Bertz CT molecular complexity index is 639. The fraction of sp³-hybridized carbons (Fsp3) is 0.875. The van der Waals surface area contributed by atoms with Crippen LogP contribution in [0.15, 0.2) is 12.2 Å².